The molecule has 1 aliphatic heterocycles. The molecule has 0 amide bonds. The first-order valence-corrected chi connectivity index (χ1v) is 10.7. The molecule has 2 aromatic carbocycles. The highest BCUT2D eigenvalue weighted by Gasteiger charge is 2.15. The zero-order valence-corrected chi connectivity index (χ0v) is 18.0. The van der Waals surface area contributed by atoms with Gasteiger partial charge in [-0.1, -0.05) is 24.3 Å². The Morgan fingerprint density at radius 3 is 2.58 bits per heavy atom. The van der Waals surface area contributed by atoms with Crippen LogP contribution in [0.3, 0.4) is 0 Å². The molecule has 1 aromatic heterocycles. The Morgan fingerprint density at radius 2 is 1.90 bits per heavy atom. The van der Waals surface area contributed by atoms with Gasteiger partial charge < -0.3 is 15.2 Å². The summed E-state index contributed by atoms with van der Waals surface area (Å²) in [5.41, 5.74) is 5.50. The molecule has 0 radical (unpaired) electrons. The van der Waals surface area contributed by atoms with Gasteiger partial charge in [0.2, 0.25) is 0 Å². The molecule has 0 aliphatic carbocycles. The Kier molecular flexibility index (Phi) is 6.57. The summed E-state index contributed by atoms with van der Waals surface area (Å²) in [5, 5.41) is 6.81. The molecule has 0 saturated heterocycles. The van der Waals surface area contributed by atoms with Gasteiger partial charge in [0.25, 0.3) is 0 Å². The Labute approximate surface area is 182 Å². The van der Waals surface area contributed by atoms with Crippen LogP contribution in [0.4, 0.5) is 4.39 Å². The Hall–Kier alpha value is -3.25. The lowest BCUT2D eigenvalue weighted by Crippen LogP contribution is -2.35. The number of aromatic nitrogens is 2. The van der Waals surface area contributed by atoms with E-state index < -0.39 is 0 Å². The van der Waals surface area contributed by atoms with Crippen molar-refractivity contribution < 1.29 is 4.39 Å². The van der Waals surface area contributed by atoms with E-state index in [0.29, 0.717) is 6.54 Å². The molecule has 5 nitrogen and oxygen atoms in total. The number of hydrogen-bond donors (Lipinski definition) is 2. The number of nitrogens with one attached hydrogen (secondary N) is 2. The van der Waals surface area contributed by atoms with Gasteiger partial charge in [-0.15, -0.1) is 0 Å². The molecule has 160 valence electrons. The second kappa shape index (κ2) is 9.71. The second-order valence-corrected chi connectivity index (χ2v) is 7.79. The fraction of sp³-hybridized carbons (Fsp3) is 0.280. The topological polar surface area (TPSA) is 54.2 Å². The quantitative estimate of drug-likeness (QED) is 0.623. The van der Waals surface area contributed by atoms with Crippen molar-refractivity contribution in [1.29, 1.82) is 0 Å². The van der Waals surface area contributed by atoms with E-state index in [4.69, 9.17) is 4.99 Å². The van der Waals surface area contributed by atoms with E-state index in [-0.39, 0.29) is 11.9 Å². The maximum atomic E-state index is 13.2. The van der Waals surface area contributed by atoms with Crippen molar-refractivity contribution in [2.24, 2.45) is 4.99 Å². The fourth-order valence-corrected chi connectivity index (χ4v) is 3.78. The van der Waals surface area contributed by atoms with Crippen molar-refractivity contribution in [1.82, 2.24) is 20.2 Å². The van der Waals surface area contributed by atoms with Gasteiger partial charge in [-0.25, -0.2) is 9.37 Å². The molecular formula is C25H28FN5. The highest BCUT2D eigenvalue weighted by molar-refractivity contribution is 6.02. The largest absolute Gasteiger partial charge is 0.368 e. The van der Waals surface area contributed by atoms with E-state index in [2.05, 4.69) is 46.0 Å². The smallest absolute Gasteiger partial charge is 0.124 e. The molecule has 2 N–H and O–H groups in total. The molecule has 4 rings (SSSR count). The van der Waals surface area contributed by atoms with E-state index in [9.17, 15) is 4.39 Å². The van der Waals surface area contributed by atoms with Crippen LogP contribution < -0.4 is 10.6 Å². The predicted molar refractivity (Wildman–Crippen MR) is 124 cm³/mol. The molecule has 31 heavy (non-hydrogen) atoms. The molecule has 1 atom stereocenters. The van der Waals surface area contributed by atoms with Crippen LogP contribution >= 0.6 is 0 Å². The lowest BCUT2D eigenvalue weighted by Gasteiger charge is -2.22. The monoisotopic (exact) mass is 417 g/mol. The molecule has 0 saturated carbocycles. The highest BCUT2D eigenvalue weighted by atomic mass is 19.1. The molecular weight excluding hydrogens is 389 g/mol. The minimum absolute atomic E-state index is 0.0735. The van der Waals surface area contributed by atoms with Crippen molar-refractivity contribution in [2.75, 3.05) is 20.1 Å². The van der Waals surface area contributed by atoms with Crippen molar-refractivity contribution >= 4 is 11.9 Å². The third-order valence-corrected chi connectivity index (χ3v) is 5.52. The summed E-state index contributed by atoms with van der Waals surface area (Å²) < 4.78 is 15.3. The third-order valence-electron chi connectivity index (χ3n) is 5.52. The van der Waals surface area contributed by atoms with Crippen LogP contribution in [0.15, 0.2) is 71.6 Å². The van der Waals surface area contributed by atoms with Crippen molar-refractivity contribution in [3.05, 3.63) is 89.3 Å². The summed E-state index contributed by atoms with van der Waals surface area (Å²) in [6.45, 7) is 3.50. The number of nitrogens with zero attached hydrogens (tertiary/aromatic N) is 3. The molecule has 6 heteroatoms. The average molecular weight is 418 g/mol. The maximum absolute atomic E-state index is 13.2. The van der Waals surface area contributed by atoms with Crippen LogP contribution in [0.2, 0.25) is 0 Å². The van der Waals surface area contributed by atoms with E-state index >= 15 is 0 Å². The molecule has 1 aliphatic rings. The number of hydrogen-bond acceptors (Lipinski definition) is 4. The van der Waals surface area contributed by atoms with Gasteiger partial charge in [-0.2, -0.15) is 0 Å². The number of halogens is 1. The van der Waals surface area contributed by atoms with Gasteiger partial charge in [-0.05, 0) is 73.9 Å². The second-order valence-electron chi connectivity index (χ2n) is 7.79. The minimum atomic E-state index is -0.220. The van der Waals surface area contributed by atoms with E-state index in [1.165, 1.54) is 17.7 Å². The van der Waals surface area contributed by atoms with Crippen LogP contribution in [0, 0.1) is 12.7 Å². The predicted octanol–water partition coefficient (Wildman–Crippen LogP) is 4.45. The van der Waals surface area contributed by atoms with Crippen molar-refractivity contribution in [2.45, 2.75) is 25.8 Å². The lowest BCUT2D eigenvalue weighted by molar-refractivity contribution is 0.572. The molecule has 0 bridgehead atoms. The van der Waals surface area contributed by atoms with Crippen LogP contribution in [0.25, 0.3) is 11.8 Å². The summed E-state index contributed by atoms with van der Waals surface area (Å²) in [6, 6.07) is 15.2. The Morgan fingerprint density at radius 1 is 1.13 bits per heavy atom. The first-order chi connectivity index (χ1) is 15.1. The first kappa shape index (κ1) is 21.0. The standard InChI is InChI=1S/C25H28FN5/c1-18-16-31(17-30-18)23-11-5-19(6-12-23)14-21-4-3-13-28-25(21)29-15-24(27-2)20-7-9-22(26)10-8-20/h5-12,14,16-17,24,27H,3-4,13,15H2,1-2H3,(H,28,29)/b21-14+. The van der Waals surface area contributed by atoms with Gasteiger partial charge in [0.05, 0.1) is 12.0 Å². The molecule has 0 spiro atoms. The lowest BCUT2D eigenvalue weighted by atomic mass is 10.0. The number of likely N-dealkylation sites (N-methyl/N-ethyl adjacent to an activating group) is 1. The average Bonchev–Trinajstić information content (AvgIpc) is 3.23. The van der Waals surface area contributed by atoms with E-state index in [1.54, 1.807) is 0 Å². The van der Waals surface area contributed by atoms with Gasteiger partial charge in [0.15, 0.2) is 0 Å². The number of aryl methyl sites for hydroxylation is 1. The van der Waals surface area contributed by atoms with Gasteiger partial charge in [0, 0.05) is 31.0 Å². The zero-order valence-electron chi connectivity index (χ0n) is 18.0. The SMILES string of the molecule is CNC(CNC1=NCCC/C1=C\c1ccc(-n2cnc(C)c2)cc1)c1ccc(F)cc1. The van der Waals surface area contributed by atoms with Crippen LogP contribution in [-0.4, -0.2) is 35.5 Å². The normalized spacial score (nSPS) is 16.2. The van der Waals surface area contributed by atoms with E-state index in [1.807, 2.05) is 43.2 Å². The van der Waals surface area contributed by atoms with Crippen molar-refractivity contribution in [3.8, 4) is 5.69 Å². The number of rotatable bonds is 6. The Bertz CT molecular complexity index is 1060. The number of benzene rings is 2. The number of aliphatic imine (C=N–C) groups is 1. The first-order valence-electron chi connectivity index (χ1n) is 10.7. The van der Waals surface area contributed by atoms with Crippen LogP contribution in [0.5, 0.6) is 0 Å². The van der Waals surface area contributed by atoms with E-state index in [0.717, 1.165) is 47.7 Å². The highest BCUT2D eigenvalue weighted by Crippen LogP contribution is 2.19. The zero-order chi connectivity index (χ0) is 21.6. The van der Waals surface area contributed by atoms with Crippen LogP contribution in [0.1, 0.15) is 35.7 Å². The maximum Gasteiger partial charge on any atom is 0.124 e. The number of imidazole rings is 1. The van der Waals surface area contributed by atoms with Gasteiger partial charge >= 0.3 is 0 Å². The van der Waals surface area contributed by atoms with Crippen molar-refractivity contribution in [3.63, 3.8) is 0 Å². The summed E-state index contributed by atoms with van der Waals surface area (Å²) >= 11 is 0. The minimum Gasteiger partial charge on any atom is -0.368 e. The third kappa shape index (κ3) is 5.27. The summed E-state index contributed by atoms with van der Waals surface area (Å²) in [5.74, 6) is 0.727. The molecule has 2 heterocycles. The Balaban J connectivity index is 1.46. The molecule has 1 unspecified atom stereocenters. The fourth-order valence-electron chi connectivity index (χ4n) is 3.78. The molecule has 3 aromatic rings. The van der Waals surface area contributed by atoms with Gasteiger partial charge in [0.1, 0.15) is 11.7 Å². The summed E-state index contributed by atoms with van der Waals surface area (Å²) in [6.07, 6.45) is 8.10. The summed E-state index contributed by atoms with van der Waals surface area (Å²) in [4.78, 5) is 9.02. The van der Waals surface area contributed by atoms with Crippen LogP contribution in [-0.2, 0) is 0 Å². The summed E-state index contributed by atoms with van der Waals surface area (Å²) in [7, 11) is 1.92. The van der Waals surface area contributed by atoms with Gasteiger partial charge in [-0.3, -0.25) is 4.99 Å². The molecule has 0 fully saturated rings. The number of amidine groups is 1.